The van der Waals surface area contributed by atoms with E-state index in [1.807, 2.05) is 72.8 Å². The molecule has 0 N–H and O–H groups in total. The van der Waals surface area contributed by atoms with Crippen molar-refractivity contribution in [3.8, 4) is 5.75 Å². The summed E-state index contributed by atoms with van der Waals surface area (Å²) in [4.78, 5) is 15.7. The van der Waals surface area contributed by atoms with Gasteiger partial charge in [0.05, 0.1) is 11.2 Å². The third-order valence-corrected chi connectivity index (χ3v) is 4.73. The number of ether oxygens (including phenoxy) is 1. The molecule has 0 aliphatic rings. The van der Waals surface area contributed by atoms with E-state index in [9.17, 15) is 9.90 Å². The van der Waals surface area contributed by atoms with Crippen LogP contribution in [0, 0.1) is 0 Å². The Kier molecular flexibility index (Phi) is 6.35. The fourth-order valence-electron chi connectivity index (χ4n) is 3.08. The summed E-state index contributed by atoms with van der Waals surface area (Å²) in [6, 6.07) is 23.4. The zero-order valence-electron chi connectivity index (χ0n) is 15.9. The number of rotatable bonds is 5. The fraction of sp³-hybridized carbons (Fsp3) is 0.130. The summed E-state index contributed by atoms with van der Waals surface area (Å²) in [6.07, 6.45) is 0. The van der Waals surface area contributed by atoms with Gasteiger partial charge >= 0.3 is 29.6 Å². The van der Waals surface area contributed by atoms with E-state index in [0.29, 0.717) is 6.61 Å². The molecule has 0 aliphatic heterocycles. The molecule has 0 fully saturated rings. The summed E-state index contributed by atoms with van der Waals surface area (Å²) in [6.45, 7) is 2.01. The molecule has 0 saturated heterocycles. The van der Waals surface area contributed by atoms with E-state index in [1.165, 1.54) is 0 Å². The van der Waals surface area contributed by atoms with Crippen LogP contribution in [0.5, 0.6) is 5.75 Å². The Bertz CT molecular complexity index is 1140. The van der Waals surface area contributed by atoms with E-state index in [-0.39, 0.29) is 29.6 Å². The molecular weight excluding hydrogens is 361 g/mol. The second kappa shape index (κ2) is 8.74. The van der Waals surface area contributed by atoms with Gasteiger partial charge in [-0.3, -0.25) is 0 Å². The van der Waals surface area contributed by atoms with Gasteiger partial charge in [0.2, 0.25) is 0 Å². The quantitative estimate of drug-likeness (QED) is 0.482. The fourth-order valence-corrected chi connectivity index (χ4v) is 3.08. The van der Waals surface area contributed by atoms with Gasteiger partial charge in [0.15, 0.2) is 0 Å². The zero-order valence-corrected chi connectivity index (χ0v) is 17.9. The summed E-state index contributed by atoms with van der Waals surface area (Å²) in [7, 11) is 0. The first kappa shape index (κ1) is 20.3. The molecular formula is C23H18NNaO3. The predicted molar refractivity (Wildman–Crippen MR) is 103 cm³/mol. The third kappa shape index (κ3) is 4.36. The summed E-state index contributed by atoms with van der Waals surface area (Å²) < 4.78 is 5.90. The van der Waals surface area contributed by atoms with E-state index in [2.05, 4.69) is 4.98 Å². The molecule has 5 heteroatoms. The number of carbonyl (C=O) groups excluding carboxylic acids is 1. The van der Waals surface area contributed by atoms with E-state index in [1.54, 1.807) is 6.92 Å². The van der Waals surface area contributed by atoms with Crippen LogP contribution in [0.4, 0.5) is 0 Å². The molecule has 1 unspecified atom stereocenters. The van der Waals surface area contributed by atoms with Gasteiger partial charge < -0.3 is 14.6 Å². The number of para-hydroxylation sites is 1. The number of fused-ring (bicyclic) bond motifs is 2. The molecule has 28 heavy (non-hydrogen) atoms. The molecule has 0 aliphatic carbocycles. The number of carboxylic acid groups (broad SMARTS) is 1. The van der Waals surface area contributed by atoms with Crippen LogP contribution in [0.15, 0.2) is 72.8 Å². The maximum Gasteiger partial charge on any atom is 1.00 e. The van der Waals surface area contributed by atoms with Crippen LogP contribution in [0.2, 0.25) is 0 Å². The van der Waals surface area contributed by atoms with Crippen molar-refractivity contribution >= 4 is 27.6 Å². The van der Waals surface area contributed by atoms with Crippen molar-refractivity contribution in [2.75, 3.05) is 0 Å². The van der Waals surface area contributed by atoms with Crippen molar-refractivity contribution in [1.82, 2.24) is 4.98 Å². The van der Waals surface area contributed by atoms with E-state index < -0.39 is 11.9 Å². The maximum atomic E-state index is 11.1. The molecule has 0 bridgehead atoms. The Morgan fingerprint density at radius 2 is 1.68 bits per heavy atom. The van der Waals surface area contributed by atoms with Crippen LogP contribution in [-0.2, 0) is 11.4 Å². The van der Waals surface area contributed by atoms with Gasteiger partial charge in [-0.1, -0.05) is 55.5 Å². The zero-order chi connectivity index (χ0) is 18.8. The predicted octanol–water partition coefficient (Wildman–Crippen LogP) is 0.824. The molecule has 0 radical (unpaired) electrons. The Morgan fingerprint density at radius 1 is 0.964 bits per heavy atom. The Balaban J connectivity index is 0.00000225. The number of benzene rings is 3. The molecule has 1 aromatic heterocycles. The first-order chi connectivity index (χ1) is 13.1. The van der Waals surface area contributed by atoms with Gasteiger partial charge in [-0.2, -0.15) is 0 Å². The van der Waals surface area contributed by atoms with Crippen molar-refractivity contribution < 1.29 is 44.2 Å². The number of aliphatic carboxylic acids is 1. The van der Waals surface area contributed by atoms with E-state index in [4.69, 9.17) is 4.74 Å². The molecule has 1 atom stereocenters. The first-order valence-electron chi connectivity index (χ1n) is 8.82. The van der Waals surface area contributed by atoms with Crippen LogP contribution in [0.25, 0.3) is 21.7 Å². The minimum Gasteiger partial charge on any atom is -0.550 e. The van der Waals surface area contributed by atoms with Crippen LogP contribution in [-0.4, -0.2) is 11.0 Å². The van der Waals surface area contributed by atoms with Gasteiger partial charge in [-0.05, 0) is 40.6 Å². The van der Waals surface area contributed by atoms with E-state index in [0.717, 1.165) is 38.7 Å². The average Bonchev–Trinajstić information content (AvgIpc) is 2.71. The number of aromatic nitrogens is 1. The Hall–Kier alpha value is -2.40. The van der Waals surface area contributed by atoms with E-state index >= 15 is 0 Å². The number of hydrogen-bond acceptors (Lipinski definition) is 4. The molecule has 0 saturated carbocycles. The summed E-state index contributed by atoms with van der Waals surface area (Å²) in [5.74, 6) is -0.959. The summed E-state index contributed by atoms with van der Waals surface area (Å²) in [5.41, 5.74) is 2.55. The Morgan fingerprint density at radius 3 is 2.50 bits per heavy atom. The second-order valence-electron chi connectivity index (χ2n) is 6.59. The number of nitrogens with zero attached hydrogens (tertiary/aromatic N) is 1. The Labute approximate surface area is 185 Å². The van der Waals surface area contributed by atoms with Crippen LogP contribution < -0.4 is 39.4 Å². The smallest absolute Gasteiger partial charge is 0.550 e. The number of hydrogen-bond donors (Lipinski definition) is 0. The molecule has 0 amide bonds. The van der Waals surface area contributed by atoms with Crippen molar-refractivity contribution in [1.29, 1.82) is 0 Å². The minimum absolute atomic E-state index is 0. The summed E-state index contributed by atoms with van der Waals surface area (Å²) >= 11 is 0. The molecule has 134 valence electrons. The van der Waals surface area contributed by atoms with Gasteiger partial charge in [-0.15, -0.1) is 0 Å². The number of pyridine rings is 1. The van der Waals surface area contributed by atoms with Crippen LogP contribution in [0.3, 0.4) is 0 Å². The molecule has 4 nitrogen and oxygen atoms in total. The standard InChI is InChI=1S/C23H19NO3.Na/c1-15(23(25)26)17-6-7-19-13-21(11-9-18(19)12-17)27-14-20-10-8-16-4-2-3-5-22(16)24-20;/h2-13,15H,14H2,1H3,(H,25,26);/q;+1/p-1. The van der Waals surface area contributed by atoms with Crippen LogP contribution in [0.1, 0.15) is 24.1 Å². The summed E-state index contributed by atoms with van der Waals surface area (Å²) in [5, 5.41) is 14.1. The SMILES string of the molecule is CC(C(=O)[O-])c1ccc2cc(OCc3ccc4ccccc4n3)ccc2c1.[Na+]. The van der Waals surface area contributed by atoms with Gasteiger partial charge in [0.1, 0.15) is 12.4 Å². The normalized spacial score (nSPS) is 11.8. The van der Waals surface area contributed by atoms with Gasteiger partial charge in [-0.25, -0.2) is 4.98 Å². The number of carbonyl (C=O) groups is 1. The third-order valence-electron chi connectivity index (χ3n) is 4.73. The molecule has 0 spiro atoms. The molecule has 4 aromatic rings. The molecule has 3 aromatic carbocycles. The number of carboxylic acids is 1. The van der Waals surface area contributed by atoms with Crippen molar-refractivity contribution in [2.24, 2.45) is 0 Å². The second-order valence-corrected chi connectivity index (χ2v) is 6.59. The van der Waals surface area contributed by atoms with Crippen molar-refractivity contribution in [3.05, 3.63) is 84.1 Å². The first-order valence-corrected chi connectivity index (χ1v) is 8.82. The topological polar surface area (TPSA) is 62.2 Å². The van der Waals surface area contributed by atoms with Gasteiger partial charge in [0, 0.05) is 17.3 Å². The molecule has 1 heterocycles. The monoisotopic (exact) mass is 379 g/mol. The minimum atomic E-state index is -1.07. The van der Waals surface area contributed by atoms with Crippen LogP contribution >= 0.6 is 0 Å². The largest absolute Gasteiger partial charge is 1.00 e. The average molecular weight is 379 g/mol. The van der Waals surface area contributed by atoms with Gasteiger partial charge in [0.25, 0.3) is 0 Å². The molecule has 4 rings (SSSR count). The van der Waals surface area contributed by atoms with Crippen molar-refractivity contribution in [3.63, 3.8) is 0 Å². The maximum absolute atomic E-state index is 11.1. The van der Waals surface area contributed by atoms with Crippen molar-refractivity contribution in [2.45, 2.75) is 19.4 Å².